The van der Waals surface area contributed by atoms with Gasteiger partial charge in [0.1, 0.15) is 22.7 Å². The van der Waals surface area contributed by atoms with Crippen molar-refractivity contribution < 1.29 is 9.18 Å². The molecule has 2 aromatic carbocycles. The van der Waals surface area contributed by atoms with Crippen LogP contribution < -0.4 is 11.1 Å². The predicted molar refractivity (Wildman–Crippen MR) is 132 cm³/mol. The molecule has 34 heavy (non-hydrogen) atoms. The molecule has 0 bridgehead atoms. The lowest BCUT2D eigenvalue weighted by atomic mass is 9.97. The number of amides is 1. The highest BCUT2D eigenvalue weighted by Crippen LogP contribution is 2.28. The van der Waals surface area contributed by atoms with Crippen LogP contribution in [0.3, 0.4) is 0 Å². The number of aromatic nitrogens is 3. The van der Waals surface area contributed by atoms with E-state index in [4.69, 9.17) is 5.73 Å². The lowest BCUT2D eigenvalue weighted by molar-refractivity contribution is 0.0956. The molecule has 0 spiro atoms. The van der Waals surface area contributed by atoms with Crippen LogP contribution in [0.1, 0.15) is 48.0 Å². The molecule has 0 unspecified atom stereocenters. The second-order valence-corrected chi connectivity index (χ2v) is 8.37. The van der Waals surface area contributed by atoms with Crippen LogP contribution in [-0.2, 0) is 0 Å². The van der Waals surface area contributed by atoms with Crippen LogP contribution in [-0.4, -0.2) is 33.3 Å². The molecule has 0 radical (unpaired) electrons. The number of hydrogen-bond acceptors (Lipinski definition) is 5. The van der Waals surface area contributed by atoms with E-state index in [-0.39, 0.29) is 23.1 Å². The van der Waals surface area contributed by atoms with Crippen molar-refractivity contribution in [1.82, 2.24) is 20.0 Å². The highest BCUT2D eigenvalue weighted by atomic mass is 19.1. The van der Waals surface area contributed by atoms with Gasteiger partial charge in [0.2, 0.25) is 0 Å². The summed E-state index contributed by atoms with van der Waals surface area (Å²) < 4.78 is 14.7. The van der Waals surface area contributed by atoms with Crippen molar-refractivity contribution in [2.75, 3.05) is 12.3 Å². The van der Waals surface area contributed by atoms with Gasteiger partial charge in [0, 0.05) is 6.54 Å². The summed E-state index contributed by atoms with van der Waals surface area (Å²) in [5.41, 5.74) is 10.8. The van der Waals surface area contributed by atoms with E-state index in [1.54, 1.807) is 18.3 Å². The van der Waals surface area contributed by atoms with Crippen LogP contribution in [0.25, 0.3) is 22.2 Å². The van der Waals surface area contributed by atoms with Gasteiger partial charge in [-0.15, -0.1) is 0 Å². The average molecular weight is 457 g/mol. The largest absolute Gasteiger partial charge is 0.383 e. The fourth-order valence-electron chi connectivity index (χ4n) is 4.22. The normalized spacial score (nSPS) is 14.1. The van der Waals surface area contributed by atoms with Gasteiger partial charge in [-0.3, -0.25) is 4.79 Å². The van der Waals surface area contributed by atoms with Crippen molar-refractivity contribution in [1.29, 1.82) is 0 Å². The minimum atomic E-state index is -0.330. The Morgan fingerprint density at radius 2 is 1.88 bits per heavy atom. The second kappa shape index (κ2) is 9.43. The molecule has 7 nitrogen and oxygen atoms in total. The summed E-state index contributed by atoms with van der Waals surface area (Å²) in [6, 6.07) is 13.3. The third-order valence-electron chi connectivity index (χ3n) is 6.01. The lowest BCUT2D eigenvalue weighted by Gasteiger charge is -2.12. The molecule has 1 aliphatic rings. The zero-order valence-electron chi connectivity index (χ0n) is 18.7. The molecule has 0 fully saturated rings. The Morgan fingerprint density at radius 1 is 1.12 bits per heavy atom. The number of rotatable bonds is 6. The molecule has 2 aromatic heterocycles. The maximum atomic E-state index is 13.2. The number of nitrogens with one attached hydrogen (secondary N) is 1. The summed E-state index contributed by atoms with van der Waals surface area (Å²) in [5.74, 6) is -0.486. The number of allylic oxidation sites excluding steroid dienone is 1. The molecule has 2 heterocycles. The molecule has 5 rings (SSSR count). The van der Waals surface area contributed by atoms with Crippen LogP contribution in [0.15, 0.2) is 65.3 Å². The summed E-state index contributed by atoms with van der Waals surface area (Å²) >= 11 is 0. The topological polar surface area (TPSA) is 98.2 Å². The maximum Gasteiger partial charge on any atom is 0.257 e. The minimum absolute atomic E-state index is 0.151. The molecule has 0 saturated carbocycles. The first-order valence-corrected chi connectivity index (χ1v) is 11.4. The Morgan fingerprint density at radius 3 is 2.62 bits per heavy atom. The number of carbonyl (C=O) groups excluding carboxylic acids is 1. The number of hydrogen-bond donors (Lipinski definition) is 2. The van der Waals surface area contributed by atoms with E-state index in [0.717, 1.165) is 19.3 Å². The first-order chi connectivity index (χ1) is 16.6. The fourth-order valence-corrected chi connectivity index (χ4v) is 4.22. The summed E-state index contributed by atoms with van der Waals surface area (Å²) in [6.07, 6.45) is 9.28. The van der Waals surface area contributed by atoms with Crippen molar-refractivity contribution >= 4 is 40.1 Å². The van der Waals surface area contributed by atoms with Crippen LogP contribution >= 0.6 is 0 Å². The number of nitrogen functional groups attached to an aromatic ring is 1. The van der Waals surface area contributed by atoms with Crippen molar-refractivity contribution in [3.05, 3.63) is 77.1 Å². The van der Waals surface area contributed by atoms with Gasteiger partial charge in [0.05, 0.1) is 17.2 Å². The van der Waals surface area contributed by atoms with Crippen molar-refractivity contribution in [3.8, 4) is 0 Å². The summed E-state index contributed by atoms with van der Waals surface area (Å²) in [7, 11) is 0. The molecule has 1 aliphatic carbocycles. The first-order valence-electron chi connectivity index (χ1n) is 11.4. The van der Waals surface area contributed by atoms with Crippen LogP contribution in [0.4, 0.5) is 10.2 Å². The zero-order valence-corrected chi connectivity index (χ0v) is 18.7. The standard InChI is InChI=1S/C26H25FN6O/c27-19-12-10-18(11-13-19)16-30-33-24(28)22(26(34)29-15-14-17-6-2-1-3-7-17)23-25(33)32-21-9-5-4-8-20(21)31-23/h4-6,8-13,16H,1-3,7,14-15,28H2,(H,29,34). The molecule has 0 atom stereocenters. The van der Waals surface area contributed by atoms with E-state index in [1.165, 1.54) is 35.2 Å². The van der Waals surface area contributed by atoms with Crippen molar-refractivity contribution in [3.63, 3.8) is 0 Å². The lowest BCUT2D eigenvalue weighted by Crippen LogP contribution is -2.25. The minimum Gasteiger partial charge on any atom is -0.383 e. The number of para-hydroxylation sites is 2. The average Bonchev–Trinajstić information content (AvgIpc) is 3.13. The number of carbonyl (C=O) groups is 1. The number of nitrogens with zero attached hydrogens (tertiary/aromatic N) is 4. The van der Waals surface area contributed by atoms with Crippen molar-refractivity contribution in [2.24, 2.45) is 5.10 Å². The zero-order chi connectivity index (χ0) is 23.5. The molecule has 4 aromatic rings. The first kappa shape index (κ1) is 21.8. The number of nitrogens with two attached hydrogens (primary N) is 1. The highest BCUT2D eigenvalue weighted by Gasteiger charge is 2.24. The molecule has 3 N–H and O–H groups in total. The number of anilines is 1. The van der Waals surface area contributed by atoms with E-state index in [1.807, 2.05) is 24.3 Å². The SMILES string of the molecule is Nc1c(C(=O)NCCC2=CCCCC2)c2nc3ccccc3nc2n1N=Cc1ccc(F)cc1. The molecule has 1 amide bonds. The third-order valence-corrected chi connectivity index (χ3v) is 6.01. The third kappa shape index (κ3) is 4.39. The van der Waals surface area contributed by atoms with E-state index in [2.05, 4.69) is 26.5 Å². The molecule has 0 aliphatic heterocycles. The van der Waals surface area contributed by atoms with E-state index in [0.29, 0.717) is 34.3 Å². The van der Waals surface area contributed by atoms with Gasteiger partial charge in [-0.2, -0.15) is 9.78 Å². The molecule has 8 heteroatoms. The monoisotopic (exact) mass is 456 g/mol. The van der Waals surface area contributed by atoms with Gasteiger partial charge in [-0.1, -0.05) is 35.9 Å². The number of benzene rings is 2. The predicted octanol–water partition coefficient (Wildman–Crippen LogP) is 4.81. The van der Waals surface area contributed by atoms with E-state index >= 15 is 0 Å². The van der Waals surface area contributed by atoms with Gasteiger partial charge in [-0.25, -0.2) is 14.4 Å². The Bertz CT molecular complexity index is 1420. The van der Waals surface area contributed by atoms with Gasteiger partial charge in [-0.05, 0) is 61.9 Å². The summed E-state index contributed by atoms with van der Waals surface area (Å²) in [6.45, 7) is 0.524. The molecular formula is C26H25FN6O. The van der Waals surface area contributed by atoms with Gasteiger partial charge >= 0.3 is 0 Å². The van der Waals surface area contributed by atoms with Gasteiger partial charge in [0.15, 0.2) is 5.65 Å². The summed E-state index contributed by atoms with van der Waals surface area (Å²) in [5, 5.41) is 7.44. The molecule has 172 valence electrons. The Balaban J connectivity index is 1.51. The number of fused-ring (bicyclic) bond motifs is 2. The fraction of sp³-hybridized carbons (Fsp3) is 0.231. The Hall–Kier alpha value is -4.07. The van der Waals surface area contributed by atoms with Crippen LogP contribution in [0.2, 0.25) is 0 Å². The number of halogens is 1. The Kier molecular flexibility index (Phi) is 6.03. The van der Waals surface area contributed by atoms with E-state index in [9.17, 15) is 9.18 Å². The maximum absolute atomic E-state index is 13.2. The summed E-state index contributed by atoms with van der Waals surface area (Å²) in [4.78, 5) is 22.6. The second-order valence-electron chi connectivity index (χ2n) is 8.37. The van der Waals surface area contributed by atoms with Gasteiger partial charge in [0.25, 0.3) is 5.91 Å². The van der Waals surface area contributed by atoms with E-state index < -0.39 is 0 Å². The van der Waals surface area contributed by atoms with Crippen molar-refractivity contribution in [2.45, 2.75) is 32.1 Å². The molecular weight excluding hydrogens is 431 g/mol. The van der Waals surface area contributed by atoms with Crippen LogP contribution in [0, 0.1) is 5.82 Å². The van der Waals surface area contributed by atoms with Crippen LogP contribution in [0.5, 0.6) is 0 Å². The quantitative estimate of drug-likeness (QED) is 0.321. The highest BCUT2D eigenvalue weighted by molar-refractivity contribution is 6.10. The smallest absolute Gasteiger partial charge is 0.257 e. The molecule has 0 saturated heterocycles. The Labute approximate surface area is 196 Å². The van der Waals surface area contributed by atoms with Gasteiger partial charge < -0.3 is 11.1 Å².